The number of hydrogen-bond acceptors (Lipinski definition) is 6. The summed E-state index contributed by atoms with van der Waals surface area (Å²) in [7, 11) is 0. The van der Waals surface area contributed by atoms with Crippen LogP contribution in [-0.4, -0.2) is 30.6 Å². The van der Waals surface area contributed by atoms with E-state index in [0.717, 1.165) is 5.69 Å². The molecule has 0 radical (unpaired) electrons. The zero-order valence-electron chi connectivity index (χ0n) is 11.4. The third kappa shape index (κ3) is 2.84. The number of aromatic nitrogens is 6. The lowest BCUT2D eigenvalue weighted by Gasteiger charge is -2.18. The predicted molar refractivity (Wildman–Crippen MR) is 68.5 cm³/mol. The Morgan fingerprint density at radius 1 is 1.21 bits per heavy atom. The van der Waals surface area contributed by atoms with Gasteiger partial charge in [0.25, 0.3) is 5.56 Å². The summed E-state index contributed by atoms with van der Waals surface area (Å²) in [5.41, 5.74) is 1.23. The van der Waals surface area contributed by atoms with Crippen LogP contribution in [0.3, 0.4) is 0 Å². The van der Waals surface area contributed by atoms with E-state index in [4.69, 9.17) is 0 Å². The summed E-state index contributed by atoms with van der Waals surface area (Å²) in [6.07, 6.45) is 0. The number of rotatable bonds is 4. The van der Waals surface area contributed by atoms with Crippen LogP contribution in [0.5, 0.6) is 0 Å². The second-order valence-corrected chi connectivity index (χ2v) is 4.53. The van der Waals surface area contributed by atoms with Gasteiger partial charge in [-0.25, -0.2) is 4.98 Å². The quantitative estimate of drug-likeness (QED) is 0.732. The minimum atomic E-state index is -0.162. The number of H-pyrrole nitrogens is 2. The summed E-state index contributed by atoms with van der Waals surface area (Å²) in [4.78, 5) is 19.0. The van der Waals surface area contributed by atoms with Crippen LogP contribution in [0.4, 0.5) is 0 Å². The first kappa shape index (κ1) is 13.3. The first-order valence-electron chi connectivity index (χ1n) is 6.06. The summed E-state index contributed by atoms with van der Waals surface area (Å²) in [6, 6.07) is -0.279. The highest BCUT2D eigenvalue weighted by atomic mass is 16.1. The van der Waals surface area contributed by atoms with Crippen LogP contribution in [0.15, 0.2) is 4.79 Å². The molecule has 2 atom stereocenters. The maximum absolute atomic E-state index is 12.0. The molecule has 0 aliphatic rings. The van der Waals surface area contributed by atoms with Crippen LogP contribution in [0.1, 0.15) is 48.8 Å². The third-order valence-corrected chi connectivity index (χ3v) is 2.95. The van der Waals surface area contributed by atoms with Gasteiger partial charge in [-0.15, -0.1) is 10.2 Å². The molecule has 0 saturated carbocycles. The maximum Gasteiger partial charge on any atom is 0.255 e. The average Bonchev–Trinajstić information content (AvgIpc) is 2.80. The van der Waals surface area contributed by atoms with Crippen LogP contribution in [-0.2, 0) is 0 Å². The number of nitrogens with zero attached hydrogens (tertiary/aromatic N) is 4. The lowest BCUT2D eigenvalue weighted by Crippen LogP contribution is -2.30. The normalized spacial score (nSPS) is 14.3. The van der Waals surface area contributed by atoms with E-state index in [2.05, 4.69) is 35.9 Å². The molecule has 2 aromatic heterocycles. The highest BCUT2D eigenvalue weighted by Gasteiger charge is 2.19. The van der Waals surface area contributed by atoms with E-state index in [1.165, 1.54) is 0 Å². The molecular formula is C11H17N7O. The fourth-order valence-electron chi connectivity index (χ4n) is 2.13. The number of aromatic amines is 2. The van der Waals surface area contributed by atoms with Crippen LogP contribution < -0.4 is 10.9 Å². The first-order chi connectivity index (χ1) is 8.99. The van der Waals surface area contributed by atoms with Gasteiger partial charge in [-0.1, -0.05) is 5.21 Å². The van der Waals surface area contributed by atoms with Crippen LogP contribution in [0.25, 0.3) is 0 Å². The van der Waals surface area contributed by atoms with Crippen molar-refractivity contribution in [2.75, 3.05) is 0 Å². The number of tetrazole rings is 1. The Balaban J connectivity index is 2.21. The van der Waals surface area contributed by atoms with E-state index in [-0.39, 0.29) is 17.6 Å². The maximum atomic E-state index is 12.0. The van der Waals surface area contributed by atoms with Gasteiger partial charge >= 0.3 is 0 Å². The Morgan fingerprint density at radius 2 is 1.95 bits per heavy atom. The van der Waals surface area contributed by atoms with E-state index >= 15 is 0 Å². The van der Waals surface area contributed by atoms with Crippen molar-refractivity contribution in [3.63, 3.8) is 0 Å². The predicted octanol–water partition coefficient (Wildman–Crippen LogP) is 0.312. The Hall–Kier alpha value is -2.09. The Kier molecular flexibility index (Phi) is 3.70. The van der Waals surface area contributed by atoms with Gasteiger partial charge in [-0.3, -0.25) is 4.79 Å². The third-order valence-electron chi connectivity index (χ3n) is 2.95. The van der Waals surface area contributed by atoms with Crippen molar-refractivity contribution in [2.45, 2.75) is 39.8 Å². The molecule has 0 aromatic carbocycles. The molecule has 0 spiro atoms. The first-order valence-corrected chi connectivity index (χ1v) is 6.06. The summed E-state index contributed by atoms with van der Waals surface area (Å²) < 4.78 is 0. The molecule has 2 unspecified atom stereocenters. The molecule has 3 N–H and O–H groups in total. The average molecular weight is 263 g/mol. The minimum absolute atomic E-state index is 0.117. The van der Waals surface area contributed by atoms with Gasteiger partial charge in [0.2, 0.25) is 0 Å². The molecule has 2 heterocycles. The topological polar surface area (TPSA) is 112 Å². The summed E-state index contributed by atoms with van der Waals surface area (Å²) in [6.45, 7) is 7.41. The van der Waals surface area contributed by atoms with E-state index in [1.807, 2.05) is 20.8 Å². The molecule has 2 rings (SSSR count). The minimum Gasteiger partial charge on any atom is -0.310 e. The summed E-state index contributed by atoms with van der Waals surface area (Å²) >= 11 is 0. The van der Waals surface area contributed by atoms with Crippen LogP contribution >= 0.6 is 0 Å². The molecule has 102 valence electrons. The smallest absolute Gasteiger partial charge is 0.255 e. The molecule has 8 nitrogen and oxygen atoms in total. The SMILES string of the molecule is Cc1nc(C)c(C(C)NC(C)c2nn[nH]n2)c(=O)[nH]1. The van der Waals surface area contributed by atoms with Gasteiger partial charge in [-0.2, -0.15) is 5.21 Å². The Labute approximate surface area is 110 Å². The zero-order chi connectivity index (χ0) is 14.0. The van der Waals surface area contributed by atoms with Gasteiger partial charge < -0.3 is 10.3 Å². The standard InChI is InChI=1S/C11H17N7O/c1-5(12-7(3)10-15-17-18-16-10)9-6(2)13-8(4)14-11(9)19/h5,7,12H,1-4H3,(H,13,14,19)(H,15,16,17,18). The molecule has 2 aromatic rings. The van der Waals surface area contributed by atoms with Crippen molar-refractivity contribution >= 4 is 0 Å². The molecule has 8 heteroatoms. The van der Waals surface area contributed by atoms with Gasteiger partial charge in [-0.05, 0) is 27.7 Å². The molecule has 0 amide bonds. The van der Waals surface area contributed by atoms with Crippen LogP contribution in [0, 0.1) is 13.8 Å². The zero-order valence-corrected chi connectivity index (χ0v) is 11.4. The van der Waals surface area contributed by atoms with Gasteiger partial charge in [0.1, 0.15) is 5.82 Å². The fourth-order valence-corrected chi connectivity index (χ4v) is 2.13. The highest BCUT2D eigenvalue weighted by molar-refractivity contribution is 5.20. The Morgan fingerprint density at radius 3 is 2.53 bits per heavy atom. The second kappa shape index (κ2) is 5.27. The largest absolute Gasteiger partial charge is 0.310 e. The van der Waals surface area contributed by atoms with Crippen molar-refractivity contribution in [2.24, 2.45) is 0 Å². The number of aryl methyl sites for hydroxylation is 2. The molecule has 0 fully saturated rings. The molecule has 0 aliphatic heterocycles. The van der Waals surface area contributed by atoms with Crippen molar-refractivity contribution in [3.8, 4) is 0 Å². The fraction of sp³-hybridized carbons (Fsp3) is 0.545. The van der Waals surface area contributed by atoms with Crippen LogP contribution in [0.2, 0.25) is 0 Å². The van der Waals surface area contributed by atoms with Crippen molar-refractivity contribution < 1.29 is 0 Å². The second-order valence-electron chi connectivity index (χ2n) is 4.53. The Bertz CT molecular complexity index is 604. The molecule has 0 aliphatic carbocycles. The lowest BCUT2D eigenvalue weighted by atomic mass is 10.1. The van der Waals surface area contributed by atoms with Crippen molar-refractivity contribution in [1.82, 2.24) is 35.9 Å². The van der Waals surface area contributed by atoms with E-state index in [1.54, 1.807) is 6.92 Å². The monoisotopic (exact) mass is 263 g/mol. The van der Waals surface area contributed by atoms with Gasteiger partial charge in [0.15, 0.2) is 5.82 Å². The number of nitrogens with one attached hydrogen (secondary N) is 3. The highest BCUT2D eigenvalue weighted by Crippen LogP contribution is 2.15. The summed E-state index contributed by atoms with van der Waals surface area (Å²) in [5.74, 6) is 1.17. The van der Waals surface area contributed by atoms with E-state index in [9.17, 15) is 4.79 Å². The molecule has 0 bridgehead atoms. The van der Waals surface area contributed by atoms with E-state index < -0.39 is 0 Å². The lowest BCUT2D eigenvalue weighted by molar-refractivity contribution is 0.471. The molecule has 0 saturated heterocycles. The number of hydrogen-bond donors (Lipinski definition) is 3. The van der Waals surface area contributed by atoms with Gasteiger partial charge in [0, 0.05) is 11.7 Å². The van der Waals surface area contributed by atoms with Crippen molar-refractivity contribution in [3.05, 3.63) is 33.3 Å². The molecule has 19 heavy (non-hydrogen) atoms. The van der Waals surface area contributed by atoms with E-state index in [0.29, 0.717) is 17.2 Å². The van der Waals surface area contributed by atoms with Gasteiger partial charge in [0.05, 0.1) is 11.6 Å². The summed E-state index contributed by atoms with van der Waals surface area (Å²) in [5, 5.41) is 17.0. The molecular weight excluding hydrogens is 246 g/mol. The van der Waals surface area contributed by atoms with Crippen molar-refractivity contribution in [1.29, 1.82) is 0 Å².